The summed E-state index contributed by atoms with van der Waals surface area (Å²) in [6.07, 6.45) is -4.53. The van der Waals surface area contributed by atoms with Crippen LogP contribution in [-0.2, 0) is 9.53 Å². The number of carbonyl (C=O) groups is 2. The van der Waals surface area contributed by atoms with Crippen LogP contribution in [0.2, 0.25) is 5.02 Å². The quantitative estimate of drug-likeness (QED) is 0.656. The SMILES string of the molecule is Nc1cc(Cl)cc(C(=O)OCC(=O)NCC(F)(F)F)c1. The Bertz CT molecular complexity index is 500. The number of esters is 1. The molecule has 0 bridgehead atoms. The Kier molecular flexibility index (Phi) is 5.20. The van der Waals surface area contributed by atoms with Gasteiger partial charge >= 0.3 is 12.1 Å². The molecule has 1 amide bonds. The minimum atomic E-state index is -4.53. The van der Waals surface area contributed by atoms with Crippen molar-refractivity contribution in [3.05, 3.63) is 28.8 Å². The molecule has 20 heavy (non-hydrogen) atoms. The molecule has 0 aliphatic carbocycles. The molecule has 0 fully saturated rings. The van der Waals surface area contributed by atoms with Crippen molar-refractivity contribution < 1.29 is 27.5 Å². The van der Waals surface area contributed by atoms with Gasteiger partial charge in [-0.05, 0) is 18.2 Å². The maximum Gasteiger partial charge on any atom is 0.405 e. The summed E-state index contributed by atoms with van der Waals surface area (Å²) in [5, 5.41) is 1.75. The molecule has 0 atom stereocenters. The number of nitrogens with two attached hydrogens (primary N) is 1. The van der Waals surface area contributed by atoms with Gasteiger partial charge in [0.25, 0.3) is 5.91 Å². The summed E-state index contributed by atoms with van der Waals surface area (Å²) in [5.41, 5.74) is 5.66. The number of benzene rings is 1. The number of anilines is 1. The van der Waals surface area contributed by atoms with Crippen molar-refractivity contribution in [3.63, 3.8) is 0 Å². The Hall–Kier alpha value is -1.96. The number of amides is 1. The molecule has 0 spiro atoms. The van der Waals surface area contributed by atoms with E-state index in [4.69, 9.17) is 17.3 Å². The Morgan fingerprint density at radius 3 is 2.50 bits per heavy atom. The van der Waals surface area contributed by atoms with Gasteiger partial charge in [-0.25, -0.2) is 4.79 Å². The van der Waals surface area contributed by atoms with E-state index in [0.29, 0.717) is 0 Å². The molecule has 3 N–H and O–H groups in total. The molecular formula is C11H10ClF3N2O3. The molecule has 0 aliphatic rings. The summed E-state index contributed by atoms with van der Waals surface area (Å²) in [4.78, 5) is 22.5. The van der Waals surface area contributed by atoms with Crippen molar-refractivity contribution in [2.24, 2.45) is 0 Å². The molecule has 0 radical (unpaired) electrons. The summed E-state index contributed by atoms with van der Waals surface area (Å²) < 4.78 is 40.0. The van der Waals surface area contributed by atoms with Crippen molar-refractivity contribution in [3.8, 4) is 0 Å². The fourth-order valence-electron chi connectivity index (χ4n) is 1.19. The summed E-state index contributed by atoms with van der Waals surface area (Å²) in [6, 6.07) is 3.92. The van der Waals surface area contributed by atoms with Gasteiger partial charge in [-0.1, -0.05) is 11.6 Å². The van der Waals surface area contributed by atoms with Crippen LogP contribution >= 0.6 is 11.6 Å². The Morgan fingerprint density at radius 1 is 1.30 bits per heavy atom. The van der Waals surface area contributed by atoms with Crippen molar-refractivity contribution in [1.29, 1.82) is 0 Å². The summed E-state index contributed by atoms with van der Waals surface area (Å²) in [7, 11) is 0. The van der Waals surface area contributed by atoms with Crippen LogP contribution in [0.25, 0.3) is 0 Å². The van der Waals surface area contributed by atoms with Crippen LogP contribution in [0.3, 0.4) is 0 Å². The van der Waals surface area contributed by atoms with Gasteiger partial charge in [-0.2, -0.15) is 13.2 Å². The summed E-state index contributed by atoms with van der Waals surface area (Å²) in [5.74, 6) is -1.98. The molecule has 1 rings (SSSR count). The number of hydrogen-bond donors (Lipinski definition) is 2. The third-order valence-electron chi connectivity index (χ3n) is 1.98. The van der Waals surface area contributed by atoms with E-state index in [1.54, 1.807) is 5.32 Å². The lowest BCUT2D eigenvalue weighted by Gasteiger charge is -2.09. The molecule has 0 saturated carbocycles. The van der Waals surface area contributed by atoms with Crippen LogP contribution in [0.1, 0.15) is 10.4 Å². The monoisotopic (exact) mass is 310 g/mol. The Labute approximate surface area is 116 Å². The van der Waals surface area contributed by atoms with Crippen LogP contribution in [0.15, 0.2) is 18.2 Å². The molecular weight excluding hydrogens is 301 g/mol. The van der Waals surface area contributed by atoms with Gasteiger partial charge in [0.2, 0.25) is 0 Å². The van der Waals surface area contributed by atoms with Gasteiger partial charge in [0, 0.05) is 10.7 Å². The van der Waals surface area contributed by atoms with E-state index in [2.05, 4.69) is 4.74 Å². The van der Waals surface area contributed by atoms with Crippen molar-refractivity contribution in [2.45, 2.75) is 6.18 Å². The molecule has 0 aromatic heterocycles. The zero-order chi connectivity index (χ0) is 15.3. The third kappa shape index (κ3) is 5.79. The lowest BCUT2D eigenvalue weighted by molar-refractivity contribution is -0.140. The number of ether oxygens (including phenoxy) is 1. The smallest absolute Gasteiger partial charge is 0.405 e. The van der Waals surface area contributed by atoms with Gasteiger partial charge < -0.3 is 15.8 Å². The van der Waals surface area contributed by atoms with E-state index in [-0.39, 0.29) is 16.3 Å². The Balaban J connectivity index is 2.49. The first-order valence-corrected chi connectivity index (χ1v) is 5.62. The number of rotatable bonds is 4. The maximum atomic E-state index is 11.8. The number of alkyl halides is 3. The minimum Gasteiger partial charge on any atom is -0.452 e. The highest BCUT2D eigenvalue weighted by Crippen LogP contribution is 2.17. The fraction of sp³-hybridized carbons (Fsp3) is 0.273. The van der Waals surface area contributed by atoms with Crippen molar-refractivity contribution in [1.82, 2.24) is 5.32 Å². The number of carbonyl (C=O) groups excluding carboxylic acids is 2. The number of halogens is 4. The first-order chi connectivity index (χ1) is 9.17. The summed E-state index contributed by atoms with van der Waals surface area (Å²) in [6.45, 7) is -2.32. The van der Waals surface area contributed by atoms with E-state index < -0.39 is 31.2 Å². The van der Waals surface area contributed by atoms with Crippen LogP contribution in [0, 0.1) is 0 Å². The van der Waals surface area contributed by atoms with E-state index in [1.165, 1.54) is 18.2 Å². The van der Waals surface area contributed by atoms with E-state index in [0.717, 1.165) is 0 Å². The fourth-order valence-corrected chi connectivity index (χ4v) is 1.44. The predicted octanol–water partition coefficient (Wildman–Crippen LogP) is 1.76. The van der Waals surface area contributed by atoms with Crippen LogP contribution in [0.5, 0.6) is 0 Å². The van der Waals surface area contributed by atoms with Gasteiger partial charge in [0.1, 0.15) is 6.54 Å². The highest BCUT2D eigenvalue weighted by molar-refractivity contribution is 6.31. The predicted molar refractivity (Wildman–Crippen MR) is 65.2 cm³/mol. The molecule has 0 unspecified atom stereocenters. The minimum absolute atomic E-state index is 0.00128. The number of nitrogen functional groups attached to an aromatic ring is 1. The number of hydrogen-bond acceptors (Lipinski definition) is 4. The number of nitrogens with one attached hydrogen (secondary N) is 1. The standard InChI is InChI=1S/C11H10ClF3N2O3/c12-7-1-6(2-8(16)3-7)10(19)20-4-9(18)17-5-11(13,14)15/h1-3H,4-5,16H2,(H,17,18). The zero-order valence-electron chi connectivity index (χ0n) is 9.96. The summed E-state index contributed by atoms with van der Waals surface area (Å²) >= 11 is 5.66. The normalized spacial score (nSPS) is 11.0. The van der Waals surface area contributed by atoms with Gasteiger partial charge in [-0.15, -0.1) is 0 Å². The second-order valence-electron chi connectivity index (χ2n) is 3.74. The van der Waals surface area contributed by atoms with Crippen LogP contribution in [-0.4, -0.2) is 31.2 Å². The highest BCUT2D eigenvalue weighted by atomic mass is 35.5. The van der Waals surface area contributed by atoms with E-state index >= 15 is 0 Å². The molecule has 110 valence electrons. The molecule has 1 aromatic carbocycles. The molecule has 1 aromatic rings. The second kappa shape index (κ2) is 6.47. The van der Waals surface area contributed by atoms with Crippen molar-refractivity contribution >= 4 is 29.2 Å². The topological polar surface area (TPSA) is 81.4 Å². The first kappa shape index (κ1) is 16.1. The zero-order valence-corrected chi connectivity index (χ0v) is 10.7. The van der Waals surface area contributed by atoms with Gasteiger partial charge in [0.15, 0.2) is 6.61 Å². The molecule has 0 saturated heterocycles. The maximum absolute atomic E-state index is 11.8. The Morgan fingerprint density at radius 2 is 1.95 bits per heavy atom. The van der Waals surface area contributed by atoms with E-state index in [1.807, 2.05) is 0 Å². The lowest BCUT2D eigenvalue weighted by Crippen LogP contribution is -2.36. The average molecular weight is 311 g/mol. The third-order valence-corrected chi connectivity index (χ3v) is 2.19. The van der Waals surface area contributed by atoms with Crippen molar-refractivity contribution in [2.75, 3.05) is 18.9 Å². The largest absolute Gasteiger partial charge is 0.452 e. The first-order valence-electron chi connectivity index (χ1n) is 5.24. The molecule has 0 aliphatic heterocycles. The average Bonchev–Trinajstić information content (AvgIpc) is 2.31. The van der Waals surface area contributed by atoms with Crippen LogP contribution < -0.4 is 11.1 Å². The highest BCUT2D eigenvalue weighted by Gasteiger charge is 2.27. The van der Waals surface area contributed by atoms with E-state index in [9.17, 15) is 22.8 Å². The molecule has 9 heteroatoms. The lowest BCUT2D eigenvalue weighted by atomic mass is 10.2. The molecule has 0 heterocycles. The van der Waals surface area contributed by atoms with Gasteiger partial charge in [0.05, 0.1) is 5.56 Å². The molecule has 5 nitrogen and oxygen atoms in total. The van der Waals surface area contributed by atoms with Gasteiger partial charge in [-0.3, -0.25) is 4.79 Å². The van der Waals surface area contributed by atoms with Crippen LogP contribution in [0.4, 0.5) is 18.9 Å². The second-order valence-corrected chi connectivity index (χ2v) is 4.18.